The van der Waals surface area contributed by atoms with Crippen LogP contribution in [0.4, 0.5) is 11.8 Å². The second kappa shape index (κ2) is 7.66. The van der Waals surface area contributed by atoms with Crippen LogP contribution in [0, 0.1) is 6.92 Å². The second-order valence-electron chi connectivity index (χ2n) is 7.01. The quantitative estimate of drug-likeness (QED) is 0.525. The molecular weight excluding hydrogens is 422 g/mol. The van der Waals surface area contributed by atoms with Crippen LogP contribution < -0.4 is 16.2 Å². The van der Waals surface area contributed by atoms with E-state index in [1.807, 2.05) is 43.3 Å². The van der Waals surface area contributed by atoms with Crippen LogP contribution in [0.1, 0.15) is 24.0 Å². The minimum atomic E-state index is -0.207. The van der Waals surface area contributed by atoms with Crippen LogP contribution in [0.25, 0.3) is 11.2 Å². The molecule has 1 aliphatic heterocycles. The summed E-state index contributed by atoms with van der Waals surface area (Å²) in [5.41, 5.74) is 7.52. The van der Waals surface area contributed by atoms with Gasteiger partial charge in [-0.3, -0.25) is 9.36 Å². The van der Waals surface area contributed by atoms with Gasteiger partial charge in [0.15, 0.2) is 5.82 Å². The van der Waals surface area contributed by atoms with E-state index in [1.54, 1.807) is 21.3 Å². The fourth-order valence-electron chi connectivity index (χ4n) is 3.74. The number of hydrogen-bond acceptors (Lipinski definition) is 6. The number of rotatable bonds is 3. The first-order chi connectivity index (χ1) is 14.0. The first-order valence-corrected chi connectivity index (χ1v) is 9.64. The fourth-order valence-corrected chi connectivity index (χ4v) is 3.97. The molecule has 1 aromatic carbocycles. The smallest absolute Gasteiger partial charge is 0.284 e. The Balaban J connectivity index is 0.00000218. The summed E-state index contributed by atoms with van der Waals surface area (Å²) in [6.07, 6.45) is 2.54. The Morgan fingerprint density at radius 2 is 1.93 bits per heavy atom. The molecular formula is C20H20ClN7OS. The molecule has 30 heavy (non-hydrogen) atoms. The third-order valence-electron chi connectivity index (χ3n) is 5.15. The van der Waals surface area contributed by atoms with E-state index < -0.39 is 0 Å². The van der Waals surface area contributed by atoms with Crippen molar-refractivity contribution < 1.29 is 0 Å². The van der Waals surface area contributed by atoms with Gasteiger partial charge < -0.3 is 10.6 Å². The van der Waals surface area contributed by atoms with Gasteiger partial charge in [0.25, 0.3) is 5.56 Å². The van der Waals surface area contributed by atoms with Gasteiger partial charge >= 0.3 is 0 Å². The van der Waals surface area contributed by atoms with Gasteiger partial charge in [-0.05, 0) is 31.5 Å². The number of aromatic nitrogens is 5. The van der Waals surface area contributed by atoms with Crippen molar-refractivity contribution in [3.8, 4) is 5.69 Å². The van der Waals surface area contributed by atoms with E-state index in [0.717, 1.165) is 30.2 Å². The highest BCUT2D eigenvalue weighted by Crippen LogP contribution is 2.36. The Kier molecular flexibility index (Phi) is 5.17. The Labute approximate surface area is 184 Å². The first kappa shape index (κ1) is 20.2. The molecule has 1 fully saturated rings. The minimum Gasteiger partial charge on any atom is -0.368 e. The molecule has 1 atom stereocenters. The molecule has 3 aromatic heterocycles. The SMILES string of the molecule is Cc1cc(N2CC[C@H]2c2nn3ccc(Cl)c3c(=O)n2-c2ccccc2)nc(N)n1.S. The average Bonchev–Trinajstić information content (AvgIpc) is 3.02. The number of nitrogens with zero attached hydrogens (tertiary/aromatic N) is 6. The molecule has 1 aliphatic rings. The van der Waals surface area contributed by atoms with Gasteiger partial charge in [-0.25, -0.2) is 9.50 Å². The Morgan fingerprint density at radius 3 is 2.60 bits per heavy atom. The summed E-state index contributed by atoms with van der Waals surface area (Å²) < 4.78 is 3.19. The van der Waals surface area contributed by atoms with E-state index in [4.69, 9.17) is 22.4 Å². The van der Waals surface area contributed by atoms with Crippen LogP contribution in [-0.2, 0) is 0 Å². The molecule has 0 saturated carbocycles. The second-order valence-corrected chi connectivity index (χ2v) is 7.42. The summed E-state index contributed by atoms with van der Waals surface area (Å²) in [5.74, 6) is 1.58. The topological polar surface area (TPSA) is 94.3 Å². The molecule has 1 saturated heterocycles. The van der Waals surface area contributed by atoms with Crippen LogP contribution in [0.5, 0.6) is 0 Å². The number of anilines is 2. The van der Waals surface area contributed by atoms with Gasteiger partial charge in [-0.15, -0.1) is 0 Å². The predicted octanol–water partition coefficient (Wildman–Crippen LogP) is 2.88. The molecule has 2 N–H and O–H groups in total. The zero-order valence-corrected chi connectivity index (χ0v) is 17.9. The molecule has 154 valence electrons. The Bertz CT molecular complexity index is 1270. The Morgan fingerprint density at radius 1 is 1.17 bits per heavy atom. The summed E-state index contributed by atoms with van der Waals surface area (Å²) in [6.45, 7) is 2.66. The summed E-state index contributed by atoms with van der Waals surface area (Å²) in [6, 6.07) is 12.9. The van der Waals surface area contributed by atoms with Gasteiger partial charge in [-0.1, -0.05) is 29.8 Å². The maximum atomic E-state index is 13.4. The number of nitrogens with two attached hydrogens (primary N) is 1. The summed E-state index contributed by atoms with van der Waals surface area (Å²) in [4.78, 5) is 24.0. The fraction of sp³-hybridized carbons (Fsp3) is 0.200. The van der Waals surface area contributed by atoms with Gasteiger partial charge in [0.2, 0.25) is 5.95 Å². The monoisotopic (exact) mass is 441 g/mol. The average molecular weight is 442 g/mol. The standard InChI is InChI=1S/C20H18ClN7O.H2S/c1-12-11-16(24-20(22)23-12)26-9-8-15(26)18-25-27-10-7-14(21)17(27)19(29)28(18)13-5-3-2-4-6-13;/h2-7,10-11,15H,8-9H2,1H3,(H2,22,23,24);1H2/t15-;/m0./s1. The van der Waals surface area contributed by atoms with E-state index >= 15 is 0 Å². The number of benzene rings is 1. The summed E-state index contributed by atoms with van der Waals surface area (Å²) in [7, 11) is 0. The van der Waals surface area contributed by atoms with Crippen molar-refractivity contribution in [2.75, 3.05) is 17.2 Å². The number of hydrogen-bond donors (Lipinski definition) is 1. The number of nitrogen functional groups attached to an aromatic ring is 1. The highest BCUT2D eigenvalue weighted by Gasteiger charge is 2.35. The van der Waals surface area contributed by atoms with Crippen molar-refractivity contribution >= 4 is 42.4 Å². The maximum Gasteiger partial charge on any atom is 0.284 e. The lowest BCUT2D eigenvalue weighted by molar-refractivity contribution is 0.423. The highest BCUT2D eigenvalue weighted by atomic mass is 35.5. The van der Waals surface area contributed by atoms with Gasteiger partial charge in [0.05, 0.1) is 16.8 Å². The highest BCUT2D eigenvalue weighted by molar-refractivity contribution is 7.59. The normalized spacial score (nSPS) is 15.7. The molecule has 5 rings (SSSR count). The van der Waals surface area contributed by atoms with Crippen LogP contribution >= 0.6 is 25.1 Å². The third-order valence-corrected chi connectivity index (χ3v) is 5.45. The Hall–Kier alpha value is -3.04. The van der Waals surface area contributed by atoms with Crippen molar-refractivity contribution in [1.29, 1.82) is 0 Å². The molecule has 0 bridgehead atoms. The van der Waals surface area contributed by atoms with E-state index in [-0.39, 0.29) is 31.0 Å². The van der Waals surface area contributed by atoms with Crippen LogP contribution in [0.2, 0.25) is 5.02 Å². The molecule has 4 aromatic rings. The third kappa shape index (κ3) is 3.20. The van der Waals surface area contributed by atoms with Crippen LogP contribution in [0.3, 0.4) is 0 Å². The number of para-hydroxylation sites is 1. The molecule has 0 spiro atoms. The molecule has 0 amide bonds. The van der Waals surface area contributed by atoms with Crippen molar-refractivity contribution in [3.05, 3.63) is 75.6 Å². The molecule has 10 heteroatoms. The zero-order valence-electron chi connectivity index (χ0n) is 16.2. The largest absolute Gasteiger partial charge is 0.368 e. The van der Waals surface area contributed by atoms with Crippen molar-refractivity contribution in [1.82, 2.24) is 24.1 Å². The van der Waals surface area contributed by atoms with E-state index in [2.05, 4.69) is 14.9 Å². The van der Waals surface area contributed by atoms with Crippen LogP contribution in [-0.4, -0.2) is 30.7 Å². The van der Waals surface area contributed by atoms with Gasteiger partial charge in [0.1, 0.15) is 11.3 Å². The van der Waals surface area contributed by atoms with Crippen molar-refractivity contribution in [2.24, 2.45) is 0 Å². The lowest BCUT2D eigenvalue weighted by Crippen LogP contribution is -2.45. The van der Waals surface area contributed by atoms with Gasteiger partial charge in [0, 0.05) is 24.5 Å². The van der Waals surface area contributed by atoms with E-state index in [9.17, 15) is 4.79 Å². The molecule has 0 radical (unpaired) electrons. The lowest BCUT2D eigenvalue weighted by atomic mass is 10.0. The summed E-state index contributed by atoms with van der Waals surface area (Å²) >= 11 is 6.26. The van der Waals surface area contributed by atoms with Crippen molar-refractivity contribution in [3.63, 3.8) is 0 Å². The molecule has 0 aliphatic carbocycles. The molecule has 4 heterocycles. The summed E-state index contributed by atoms with van der Waals surface area (Å²) in [5, 5.41) is 5.13. The van der Waals surface area contributed by atoms with E-state index in [0.29, 0.717) is 16.4 Å². The number of fused-ring (bicyclic) bond motifs is 1. The van der Waals surface area contributed by atoms with E-state index in [1.165, 1.54) is 0 Å². The molecule has 0 unspecified atom stereocenters. The maximum absolute atomic E-state index is 13.4. The number of halogens is 1. The predicted molar refractivity (Wildman–Crippen MR) is 122 cm³/mol. The van der Waals surface area contributed by atoms with Gasteiger partial charge in [-0.2, -0.15) is 23.6 Å². The lowest BCUT2D eigenvalue weighted by Gasteiger charge is -2.42. The zero-order chi connectivity index (χ0) is 20.1. The number of aryl methyl sites for hydroxylation is 1. The molecule has 8 nitrogen and oxygen atoms in total. The van der Waals surface area contributed by atoms with Crippen LogP contribution in [0.15, 0.2) is 53.5 Å². The van der Waals surface area contributed by atoms with Crippen molar-refractivity contribution in [2.45, 2.75) is 19.4 Å². The minimum absolute atomic E-state index is 0. The first-order valence-electron chi connectivity index (χ1n) is 9.26.